The molecular weight excluding hydrogens is 358 g/mol. The van der Waals surface area contributed by atoms with Crippen molar-refractivity contribution >= 4 is 22.5 Å². The number of nitrogens with one attached hydrogen (secondary N) is 1. The lowest BCUT2D eigenvalue weighted by atomic mass is 10.0. The van der Waals surface area contributed by atoms with Crippen LogP contribution in [0.15, 0.2) is 90.0 Å². The van der Waals surface area contributed by atoms with E-state index in [4.69, 9.17) is 0 Å². The molecule has 0 aliphatic heterocycles. The van der Waals surface area contributed by atoms with Crippen molar-refractivity contribution in [3.8, 4) is 0 Å². The van der Waals surface area contributed by atoms with Crippen LogP contribution in [0.2, 0.25) is 0 Å². The number of rotatable bonds is 4. The molecule has 4 nitrogen and oxygen atoms in total. The van der Waals surface area contributed by atoms with Gasteiger partial charge in [-0.3, -0.25) is 4.79 Å². The van der Waals surface area contributed by atoms with E-state index in [1.807, 2.05) is 92.7 Å². The maximum absolute atomic E-state index is 12.7. The average molecular weight is 379 g/mol. The molecule has 4 rings (SSSR count). The molecule has 4 heteroatoms. The summed E-state index contributed by atoms with van der Waals surface area (Å²) < 4.78 is 0. The molecule has 3 aromatic carbocycles. The van der Waals surface area contributed by atoms with Crippen LogP contribution in [0.25, 0.3) is 10.9 Å². The summed E-state index contributed by atoms with van der Waals surface area (Å²) in [4.78, 5) is 17.1. The summed E-state index contributed by atoms with van der Waals surface area (Å²) in [6, 6.07) is 27.5. The Hall–Kier alpha value is -3.79. The van der Waals surface area contributed by atoms with Crippen LogP contribution in [0.1, 0.15) is 32.7 Å². The number of benzene rings is 3. The van der Waals surface area contributed by atoms with Crippen LogP contribution in [0.3, 0.4) is 0 Å². The molecular formula is C25H21N3O. The third-order valence-corrected chi connectivity index (χ3v) is 4.75. The zero-order chi connectivity index (χ0) is 20.2. The van der Waals surface area contributed by atoms with E-state index in [0.29, 0.717) is 11.4 Å². The molecule has 0 fully saturated rings. The standard InChI is InChI=1S/C25H21N3O/c1-17-7-11-20(12-8-17)24(21-13-9-18(2)10-14-21)27-28-25(29)23-16-15-19-5-3-4-6-22(19)26-23/h3-16H,1-2H3,(H,28,29). The number of carbonyl (C=O) groups excluding carboxylic acids is 1. The summed E-state index contributed by atoms with van der Waals surface area (Å²) in [6.45, 7) is 4.08. The van der Waals surface area contributed by atoms with E-state index in [1.54, 1.807) is 6.07 Å². The van der Waals surface area contributed by atoms with Gasteiger partial charge in [0.2, 0.25) is 0 Å². The summed E-state index contributed by atoms with van der Waals surface area (Å²) in [7, 11) is 0. The van der Waals surface area contributed by atoms with Crippen LogP contribution >= 0.6 is 0 Å². The van der Waals surface area contributed by atoms with Gasteiger partial charge in [-0.15, -0.1) is 0 Å². The molecule has 29 heavy (non-hydrogen) atoms. The summed E-state index contributed by atoms with van der Waals surface area (Å²) in [5, 5.41) is 5.45. The molecule has 0 bridgehead atoms. The van der Waals surface area contributed by atoms with Crippen molar-refractivity contribution in [2.75, 3.05) is 0 Å². The molecule has 4 aromatic rings. The normalized spacial score (nSPS) is 10.6. The molecule has 0 aliphatic carbocycles. The molecule has 0 saturated heterocycles. The number of para-hydroxylation sites is 1. The Labute approximate surface area is 169 Å². The number of hydrogen-bond donors (Lipinski definition) is 1. The van der Waals surface area contributed by atoms with Gasteiger partial charge in [-0.25, -0.2) is 10.4 Å². The Morgan fingerprint density at radius 2 is 1.34 bits per heavy atom. The van der Waals surface area contributed by atoms with Gasteiger partial charge in [-0.1, -0.05) is 83.9 Å². The third kappa shape index (κ3) is 4.22. The Morgan fingerprint density at radius 1 is 0.759 bits per heavy atom. The Balaban J connectivity index is 1.66. The average Bonchev–Trinajstić information content (AvgIpc) is 2.75. The maximum Gasteiger partial charge on any atom is 0.289 e. The Morgan fingerprint density at radius 3 is 1.97 bits per heavy atom. The molecule has 142 valence electrons. The fraction of sp³-hybridized carbons (Fsp3) is 0.0800. The third-order valence-electron chi connectivity index (χ3n) is 4.75. The number of carbonyl (C=O) groups is 1. The molecule has 1 amide bonds. The van der Waals surface area contributed by atoms with Crippen molar-refractivity contribution in [1.29, 1.82) is 0 Å². The highest BCUT2D eigenvalue weighted by Gasteiger charge is 2.11. The topological polar surface area (TPSA) is 54.4 Å². The molecule has 1 N–H and O–H groups in total. The van der Waals surface area contributed by atoms with E-state index in [1.165, 1.54) is 11.1 Å². The molecule has 0 unspecified atom stereocenters. The second kappa shape index (κ2) is 8.07. The van der Waals surface area contributed by atoms with E-state index in [-0.39, 0.29) is 5.91 Å². The molecule has 0 atom stereocenters. The van der Waals surface area contributed by atoms with Crippen LogP contribution < -0.4 is 5.43 Å². The monoisotopic (exact) mass is 379 g/mol. The summed E-state index contributed by atoms with van der Waals surface area (Å²) in [6.07, 6.45) is 0. The van der Waals surface area contributed by atoms with Crippen molar-refractivity contribution in [3.63, 3.8) is 0 Å². The van der Waals surface area contributed by atoms with Crippen molar-refractivity contribution in [3.05, 3.63) is 113 Å². The second-order valence-corrected chi connectivity index (χ2v) is 7.02. The summed E-state index contributed by atoms with van der Waals surface area (Å²) >= 11 is 0. The van der Waals surface area contributed by atoms with Crippen molar-refractivity contribution in [2.45, 2.75) is 13.8 Å². The van der Waals surface area contributed by atoms with Crippen molar-refractivity contribution < 1.29 is 4.79 Å². The van der Waals surface area contributed by atoms with E-state index >= 15 is 0 Å². The summed E-state index contributed by atoms with van der Waals surface area (Å²) in [5.74, 6) is -0.340. The number of aromatic nitrogens is 1. The second-order valence-electron chi connectivity index (χ2n) is 7.02. The lowest BCUT2D eigenvalue weighted by molar-refractivity contribution is 0.0950. The fourth-order valence-corrected chi connectivity index (χ4v) is 3.08. The zero-order valence-electron chi connectivity index (χ0n) is 16.4. The van der Waals surface area contributed by atoms with E-state index in [0.717, 1.165) is 22.0 Å². The van der Waals surface area contributed by atoms with Gasteiger partial charge in [0.05, 0.1) is 11.2 Å². The Kier molecular flexibility index (Phi) is 5.16. The first-order chi connectivity index (χ1) is 14.1. The van der Waals surface area contributed by atoms with Gasteiger partial charge in [0.1, 0.15) is 5.69 Å². The molecule has 0 radical (unpaired) electrons. The number of nitrogens with zero attached hydrogens (tertiary/aromatic N) is 2. The molecule has 1 aromatic heterocycles. The highest BCUT2D eigenvalue weighted by Crippen LogP contribution is 2.14. The predicted octanol–water partition coefficient (Wildman–Crippen LogP) is 5.03. The van der Waals surface area contributed by atoms with Crippen LogP contribution in [-0.4, -0.2) is 16.6 Å². The maximum atomic E-state index is 12.7. The Bertz CT molecular complexity index is 1150. The number of fused-ring (bicyclic) bond motifs is 1. The highest BCUT2D eigenvalue weighted by atomic mass is 16.2. The first-order valence-corrected chi connectivity index (χ1v) is 9.48. The highest BCUT2D eigenvalue weighted by molar-refractivity contribution is 6.13. The minimum absolute atomic E-state index is 0.333. The molecule has 0 saturated carbocycles. The first kappa shape index (κ1) is 18.6. The number of amides is 1. The van der Waals surface area contributed by atoms with Crippen LogP contribution in [0.4, 0.5) is 0 Å². The smallest absolute Gasteiger partial charge is 0.266 e. The zero-order valence-corrected chi connectivity index (χ0v) is 16.4. The minimum atomic E-state index is -0.340. The number of hydrazone groups is 1. The van der Waals surface area contributed by atoms with Gasteiger partial charge < -0.3 is 0 Å². The van der Waals surface area contributed by atoms with Gasteiger partial charge in [0.25, 0.3) is 5.91 Å². The van der Waals surface area contributed by atoms with E-state index in [2.05, 4.69) is 15.5 Å². The van der Waals surface area contributed by atoms with E-state index in [9.17, 15) is 4.79 Å². The molecule has 0 spiro atoms. The van der Waals surface area contributed by atoms with Crippen LogP contribution in [-0.2, 0) is 0 Å². The van der Waals surface area contributed by atoms with Crippen LogP contribution in [0.5, 0.6) is 0 Å². The first-order valence-electron chi connectivity index (χ1n) is 9.48. The van der Waals surface area contributed by atoms with Crippen molar-refractivity contribution in [2.24, 2.45) is 5.10 Å². The molecule has 1 heterocycles. The summed E-state index contributed by atoms with van der Waals surface area (Å²) in [5.41, 5.74) is 8.70. The minimum Gasteiger partial charge on any atom is -0.266 e. The largest absolute Gasteiger partial charge is 0.289 e. The van der Waals surface area contributed by atoms with Gasteiger partial charge in [0.15, 0.2) is 0 Å². The van der Waals surface area contributed by atoms with Gasteiger partial charge in [-0.05, 0) is 26.0 Å². The SMILES string of the molecule is Cc1ccc(C(=NNC(=O)c2ccc3ccccc3n2)c2ccc(C)cc2)cc1. The van der Waals surface area contributed by atoms with Gasteiger partial charge in [0, 0.05) is 16.5 Å². The number of aryl methyl sites for hydroxylation is 2. The number of hydrogen-bond acceptors (Lipinski definition) is 3. The van der Waals surface area contributed by atoms with Gasteiger partial charge in [-0.2, -0.15) is 5.10 Å². The molecule has 0 aliphatic rings. The van der Waals surface area contributed by atoms with Gasteiger partial charge >= 0.3 is 0 Å². The lowest BCUT2D eigenvalue weighted by Gasteiger charge is -2.09. The number of pyridine rings is 1. The quantitative estimate of drug-likeness (QED) is 0.399. The predicted molar refractivity (Wildman–Crippen MR) is 117 cm³/mol. The van der Waals surface area contributed by atoms with Crippen molar-refractivity contribution in [1.82, 2.24) is 10.4 Å². The van der Waals surface area contributed by atoms with Crippen LogP contribution in [0, 0.1) is 13.8 Å². The lowest BCUT2D eigenvalue weighted by Crippen LogP contribution is -2.21. The van der Waals surface area contributed by atoms with E-state index < -0.39 is 0 Å². The fourth-order valence-electron chi connectivity index (χ4n) is 3.08.